The van der Waals surface area contributed by atoms with Gasteiger partial charge in [0.05, 0.1) is 12.3 Å². The Balaban J connectivity index is 1.53. The van der Waals surface area contributed by atoms with Gasteiger partial charge in [-0.1, -0.05) is 60.7 Å². The number of ether oxygens (including phenoxy) is 1. The van der Waals surface area contributed by atoms with E-state index in [4.69, 9.17) is 4.74 Å². The summed E-state index contributed by atoms with van der Waals surface area (Å²) in [5, 5.41) is 15.4. The van der Waals surface area contributed by atoms with Gasteiger partial charge in [0, 0.05) is 50.4 Å². The van der Waals surface area contributed by atoms with E-state index in [1.54, 1.807) is 13.0 Å². The second-order valence-corrected chi connectivity index (χ2v) is 9.80. The first-order valence-electron chi connectivity index (χ1n) is 13.9. The number of benzene rings is 2. The van der Waals surface area contributed by atoms with Crippen LogP contribution in [-0.4, -0.2) is 82.6 Å². The summed E-state index contributed by atoms with van der Waals surface area (Å²) in [5.41, 5.74) is 3.20. The number of hydrogen-bond acceptors (Lipinski definition) is 7. The lowest BCUT2D eigenvalue weighted by Crippen LogP contribution is -2.56. The standard InChI is InChI=1S/C31H35N5O6/c1-2-42-31(41)36-17-15-35(16-18-36)30(40)25(13-14-28(37)38)34-29(39)27-20-24(32-21-22-9-5-3-6-10-22)19-26(33-27)23-11-7-4-8-12-23/h3-12,19-20,25H,2,13-18,21H2,1H3,(H,32,33)(H,34,39)(H,37,38)/t25-/m0/s1. The van der Waals surface area contributed by atoms with Crippen molar-refractivity contribution in [2.45, 2.75) is 32.4 Å². The number of nitrogens with one attached hydrogen (secondary N) is 2. The number of piperazine rings is 1. The van der Waals surface area contributed by atoms with Gasteiger partial charge in [0.2, 0.25) is 5.91 Å². The van der Waals surface area contributed by atoms with Gasteiger partial charge in [-0.15, -0.1) is 0 Å². The summed E-state index contributed by atoms with van der Waals surface area (Å²) < 4.78 is 5.03. The summed E-state index contributed by atoms with van der Waals surface area (Å²) in [7, 11) is 0. The smallest absolute Gasteiger partial charge is 0.409 e. The van der Waals surface area contributed by atoms with Gasteiger partial charge in [0.15, 0.2) is 0 Å². The van der Waals surface area contributed by atoms with E-state index in [1.807, 2.05) is 66.7 Å². The predicted octanol–water partition coefficient (Wildman–Crippen LogP) is 3.62. The van der Waals surface area contributed by atoms with Crippen molar-refractivity contribution in [3.05, 3.63) is 84.1 Å². The molecule has 42 heavy (non-hydrogen) atoms. The Bertz CT molecular complexity index is 1380. The zero-order valence-corrected chi connectivity index (χ0v) is 23.5. The lowest BCUT2D eigenvalue weighted by atomic mass is 10.1. The van der Waals surface area contributed by atoms with Crippen LogP contribution in [-0.2, 0) is 20.9 Å². The lowest BCUT2D eigenvalue weighted by Gasteiger charge is -2.35. The molecule has 1 saturated heterocycles. The first-order valence-corrected chi connectivity index (χ1v) is 13.9. The largest absolute Gasteiger partial charge is 0.481 e. The van der Waals surface area contributed by atoms with Crippen LogP contribution in [0.1, 0.15) is 35.8 Å². The molecule has 0 radical (unpaired) electrons. The number of nitrogens with zero attached hydrogens (tertiary/aromatic N) is 3. The molecule has 1 atom stereocenters. The summed E-state index contributed by atoms with van der Waals surface area (Å²) in [6.45, 7) is 3.55. The third-order valence-corrected chi connectivity index (χ3v) is 6.83. The molecule has 0 bridgehead atoms. The summed E-state index contributed by atoms with van der Waals surface area (Å²) in [4.78, 5) is 58.0. The SMILES string of the molecule is CCOC(=O)N1CCN(C(=O)[C@H](CCC(=O)O)NC(=O)c2cc(NCc3ccccc3)cc(-c3ccccc3)n2)CC1. The molecule has 1 aliphatic heterocycles. The first kappa shape index (κ1) is 30.0. The van der Waals surface area contributed by atoms with Gasteiger partial charge in [-0.05, 0) is 31.0 Å². The van der Waals surface area contributed by atoms with Crippen molar-refractivity contribution < 1.29 is 29.0 Å². The minimum atomic E-state index is -1.08. The Hall–Kier alpha value is -4.93. The average molecular weight is 574 g/mol. The van der Waals surface area contributed by atoms with Crippen molar-refractivity contribution >= 4 is 29.6 Å². The number of carbonyl (C=O) groups is 4. The quantitative estimate of drug-likeness (QED) is 0.316. The monoisotopic (exact) mass is 573 g/mol. The zero-order chi connectivity index (χ0) is 29.9. The highest BCUT2D eigenvalue weighted by Crippen LogP contribution is 2.23. The van der Waals surface area contributed by atoms with E-state index in [0.717, 1.165) is 11.1 Å². The molecule has 11 nitrogen and oxygen atoms in total. The zero-order valence-electron chi connectivity index (χ0n) is 23.5. The van der Waals surface area contributed by atoms with Gasteiger partial charge in [0.1, 0.15) is 11.7 Å². The van der Waals surface area contributed by atoms with Crippen LogP contribution >= 0.6 is 0 Å². The molecule has 3 amide bonds. The van der Waals surface area contributed by atoms with Crippen LogP contribution in [0, 0.1) is 0 Å². The summed E-state index contributed by atoms with van der Waals surface area (Å²) >= 11 is 0. The van der Waals surface area contributed by atoms with E-state index in [0.29, 0.717) is 17.9 Å². The molecule has 1 fully saturated rings. The fourth-order valence-electron chi connectivity index (χ4n) is 4.61. The van der Waals surface area contributed by atoms with Crippen LogP contribution in [0.2, 0.25) is 0 Å². The lowest BCUT2D eigenvalue weighted by molar-refractivity contribution is -0.138. The van der Waals surface area contributed by atoms with Crippen LogP contribution < -0.4 is 10.6 Å². The minimum absolute atomic E-state index is 0.0878. The molecule has 4 rings (SSSR count). The van der Waals surface area contributed by atoms with Gasteiger partial charge in [0.25, 0.3) is 5.91 Å². The van der Waals surface area contributed by atoms with E-state index >= 15 is 0 Å². The van der Waals surface area contributed by atoms with Crippen molar-refractivity contribution in [3.63, 3.8) is 0 Å². The molecule has 3 aromatic rings. The molecule has 3 N–H and O–H groups in total. The Kier molecular flexibility index (Phi) is 10.5. The molecule has 0 aliphatic carbocycles. The molecule has 0 saturated carbocycles. The van der Waals surface area contributed by atoms with E-state index in [9.17, 15) is 24.3 Å². The molecular weight excluding hydrogens is 538 g/mol. The number of rotatable bonds is 11. The number of carboxylic acids is 1. The molecule has 220 valence electrons. The highest BCUT2D eigenvalue weighted by atomic mass is 16.6. The van der Waals surface area contributed by atoms with Crippen molar-refractivity contribution in [1.82, 2.24) is 20.1 Å². The fraction of sp³-hybridized carbons (Fsp3) is 0.323. The van der Waals surface area contributed by atoms with Gasteiger partial charge in [-0.25, -0.2) is 9.78 Å². The maximum Gasteiger partial charge on any atom is 0.409 e. The fourth-order valence-corrected chi connectivity index (χ4v) is 4.61. The topological polar surface area (TPSA) is 141 Å². The minimum Gasteiger partial charge on any atom is -0.481 e. The van der Waals surface area contributed by atoms with Gasteiger partial charge < -0.3 is 30.3 Å². The van der Waals surface area contributed by atoms with Crippen LogP contribution in [0.25, 0.3) is 11.3 Å². The maximum absolute atomic E-state index is 13.5. The Morgan fingerprint density at radius 3 is 2.21 bits per heavy atom. The summed E-state index contributed by atoms with van der Waals surface area (Å²) in [6.07, 6.45) is -0.836. The van der Waals surface area contributed by atoms with Gasteiger partial charge in [-0.3, -0.25) is 14.4 Å². The molecule has 2 heterocycles. The number of anilines is 1. The van der Waals surface area contributed by atoms with Crippen LogP contribution in [0.5, 0.6) is 0 Å². The Morgan fingerprint density at radius 2 is 1.57 bits per heavy atom. The normalized spacial score (nSPS) is 13.6. The first-order chi connectivity index (χ1) is 20.3. The average Bonchev–Trinajstić information content (AvgIpc) is 3.02. The molecular formula is C31H35N5O6. The number of aliphatic carboxylic acids is 1. The number of pyridine rings is 1. The summed E-state index contributed by atoms with van der Waals surface area (Å²) in [6, 6.07) is 21.6. The van der Waals surface area contributed by atoms with Crippen LogP contribution in [0.3, 0.4) is 0 Å². The Labute approximate surface area is 244 Å². The molecule has 0 spiro atoms. The molecule has 1 aromatic heterocycles. The van der Waals surface area contributed by atoms with Crippen molar-refractivity contribution in [2.75, 3.05) is 38.1 Å². The number of carbonyl (C=O) groups excluding carboxylic acids is 3. The van der Waals surface area contributed by atoms with Crippen molar-refractivity contribution in [1.29, 1.82) is 0 Å². The highest BCUT2D eigenvalue weighted by Gasteiger charge is 2.31. The highest BCUT2D eigenvalue weighted by molar-refractivity contribution is 5.97. The van der Waals surface area contributed by atoms with E-state index in [-0.39, 0.29) is 51.3 Å². The third kappa shape index (κ3) is 8.29. The van der Waals surface area contributed by atoms with Gasteiger partial charge in [-0.2, -0.15) is 0 Å². The number of amides is 3. The third-order valence-electron chi connectivity index (χ3n) is 6.83. The predicted molar refractivity (Wildman–Crippen MR) is 157 cm³/mol. The van der Waals surface area contributed by atoms with E-state index in [2.05, 4.69) is 15.6 Å². The molecule has 11 heteroatoms. The van der Waals surface area contributed by atoms with Crippen molar-refractivity contribution in [2.24, 2.45) is 0 Å². The molecule has 0 unspecified atom stereocenters. The van der Waals surface area contributed by atoms with Crippen LogP contribution in [0.4, 0.5) is 10.5 Å². The van der Waals surface area contributed by atoms with Crippen molar-refractivity contribution in [3.8, 4) is 11.3 Å². The Morgan fingerprint density at radius 1 is 0.929 bits per heavy atom. The van der Waals surface area contributed by atoms with E-state index in [1.165, 1.54) is 9.80 Å². The summed E-state index contributed by atoms with van der Waals surface area (Å²) in [5.74, 6) is -2.08. The molecule has 1 aliphatic rings. The number of hydrogen-bond donors (Lipinski definition) is 3. The van der Waals surface area contributed by atoms with E-state index < -0.39 is 29.9 Å². The number of carboxylic acid groups (broad SMARTS) is 1. The molecule has 2 aromatic carbocycles. The second-order valence-electron chi connectivity index (χ2n) is 9.80. The van der Waals surface area contributed by atoms with Gasteiger partial charge >= 0.3 is 12.1 Å². The second kappa shape index (κ2) is 14.6. The number of aromatic nitrogens is 1. The maximum atomic E-state index is 13.5. The van der Waals surface area contributed by atoms with Crippen LogP contribution in [0.15, 0.2) is 72.8 Å².